The van der Waals surface area contributed by atoms with Crippen LogP contribution in [0.25, 0.3) is 17.2 Å². The minimum absolute atomic E-state index is 0.143. The van der Waals surface area contributed by atoms with E-state index >= 15 is 0 Å². The monoisotopic (exact) mass is 370 g/mol. The number of halogens is 1. The van der Waals surface area contributed by atoms with Gasteiger partial charge in [-0.05, 0) is 51.1 Å². The zero-order chi connectivity index (χ0) is 18.3. The van der Waals surface area contributed by atoms with Gasteiger partial charge in [-0.25, -0.2) is 13.9 Å². The van der Waals surface area contributed by atoms with Crippen LogP contribution in [0.15, 0.2) is 39.9 Å². The topological polar surface area (TPSA) is 82.0 Å². The molecule has 0 saturated heterocycles. The lowest BCUT2D eigenvalue weighted by atomic mass is 10.2. The maximum atomic E-state index is 13.0. The van der Waals surface area contributed by atoms with Crippen LogP contribution in [0, 0.1) is 19.7 Å². The van der Waals surface area contributed by atoms with Crippen molar-refractivity contribution in [2.75, 3.05) is 0 Å². The van der Waals surface area contributed by atoms with Crippen molar-refractivity contribution >= 4 is 17.5 Å². The molecule has 0 radical (unpaired) electrons. The highest BCUT2D eigenvalue weighted by Gasteiger charge is 2.19. The van der Waals surface area contributed by atoms with Gasteiger partial charge in [-0.3, -0.25) is 0 Å². The molecule has 0 fully saturated rings. The van der Waals surface area contributed by atoms with Gasteiger partial charge in [-0.1, -0.05) is 11.8 Å². The standard InChI is InChI=1S/C17H15FN6OS/c1-9-8-10(2)24-16(19-9)20-17(23-24)26-11(3)14-21-22-15(25-14)12-4-6-13(18)7-5-12/h4-8,11H,1-3H3/t11-/m1/s1. The van der Waals surface area contributed by atoms with Gasteiger partial charge in [0.1, 0.15) is 5.82 Å². The normalized spacial score (nSPS) is 12.6. The maximum Gasteiger partial charge on any atom is 0.253 e. The van der Waals surface area contributed by atoms with Gasteiger partial charge >= 0.3 is 0 Å². The Bertz CT molecular complexity index is 1070. The largest absolute Gasteiger partial charge is 0.419 e. The first-order valence-electron chi connectivity index (χ1n) is 7.96. The van der Waals surface area contributed by atoms with Gasteiger partial charge in [-0.2, -0.15) is 4.98 Å². The van der Waals surface area contributed by atoms with Crippen molar-refractivity contribution in [3.05, 3.63) is 53.4 Å². The van der Waals surface area contributed by atoms with Crippen molar-refractivity contribution in [2.24, 2.45) is 0 Å². The smallest absolute Gasteiger partial charge is 0.253 e. The van der Waals surface area contributed by atoms with E-state index in [1.807, 2.05) is 26.8 Å². The van der Waals surface area contributed by atoms with Crippen molar-refractivity contribution < 1.29 is 8.81 Å². The highest BCUT2D eigenvalue weighted by atomic mass is 32.2. The number of thioether (sulfide) groups is 1. The number of benzene rings is 1. The summed E-state index contributed by atoms with van der Waals surface area (Å²) in [5.41, 5.74) is 2.53. The van der Waals surface area contributed by atoms with Crippen molar-refractivity contribution in [1.82, 2.24) is 29.8 Å². The Hall–Kier alpha value is -2.81. The second-order valence-corrected chi connectivity index (χ2v) is 7.17. The molecule has 0 unspecified atom stereocenters. The third kappa shape index (κ3) is 3.17. The Morgan fingerprint density at radius 1 is 1.12 bits per heavy atom. The number of aryl methyl sites for hydroxylation is 2. The van der Waals surface area contributed by atoms with Gasteiger partial charge < -0.3 is 4.42 Å². The summed E-state index contributed by atoms with van der Waals surface area (Å²) in [5.74, 6) is 1.06. The van der Waals surface area contributed by atoms with Crippen LogP contribution in [0.5, 0.6) is 0 Å². The second kappa shape index (κ2) is 6.49. The summed E-state index contributed by atoms with van der Waals surface area (Å²) in [6.45, 7) is 5.82. The molecule has 4 aromatic rings. The molecule has 3 aromatic heterocycles. The summed E-state index contributed by atoms with van der Waals surface area (Å²) in [6.07, 6.45) is 0. The predicted octanol–water partition coefficient (Wildman–Crippen LogP) is 3.78. The first-order chi connectivity index (χ1) is 12.5. The summed E-state index contributed by atoms with van der Waals surface area (Å²) >= 11 is 1.41. The van der Waals surface area contributed by atoms with E-state index in [4.69, 9.17) is 4.42 Å². The fraction of sp³-hybridized carbons (Fsp3) is 0.235. The van der Waals surface area contributed by atoms with Crippen LogP contribution < -0.4 is 0 Å². The van der Waals surface area contributed by atoms with Gasteiger partial charge in [0.2, 0.25) is 16.9 Å². The predicted molar refractivity (Wildman–Crippen MR) is 94.2 cm³/mol. The number of nitrogens with zero attached hydrogens (tertiary/aromatic N) is 6. The van der Waals surface area contributed by atoms with E-state index in [9.17, 15) is 4.39 Å². The Balaban J connectivity index is 1.56. The molecule has 0 aliphatic rings. The van der Waals surface area contributed by atoms with Crippen LogP contribution in [0.4, 0.5) is 4.39 Å². The molecule has 0 amide bonds. The first kappa shape index (κ1) is 16.6. The highest BCUT2D eigenvalue weighted by Crippen LogP contribution is 2.33. The Kier molecular flexibility index (Phi) is 4.15. The first-order valence-corrected chi connectivity index (χ1v) is 8.84. The van der Waals surface area contributed by atoms with Crippen molar-refractivity contribution in [3.8, 4) is 11.5 Å². The molecule has 26 heavy (non-hydrogen) atoms. The molecular weight excluding hydrogens is 355 g/mol. The highest BCUT2D eigenvalue weighted by molar-refractivity contribution is 7.99. The van der Waals surface area contributed by atoms with Gasteiger partial charge in [0.05, 0.1) is 5.25 Å². The van der Waals surface area contributed by atoms with Crippen LogP contribution in [-0.4, -0.2) is 29.8 Å². The number of hydrogen-bond donors (Lipinski definition) is 0. The van der Waals surface area contributed by atoms with Crippen LogP contribution in [0.3, 0.4) is 0 Å². The molecule has 3 heterocycles. The molecule has 0 aliphatic heterocycles. The van der Waals surface area contributed by atoms with Crippen molar-refractivity contribution in [1.29, 1.82) is 0 Å². The van der Waals surface area contributed by atoms with E-state index in [1.54, 1.807) is 16.6 Å². The van der Waals surface area contributed by atoms with Crippen LogP contribution >= 0.6 is 11.8 Å². The zero-order valence-electron chi connectivity index (χ0n) is 14.3. The molecule has 0 aliphatic carbocycles. The van der Waals surface area contributed by atoms with E-state index in [1.165, 1.54) is 23.9 Å². The molecule has 4 rings (SSSR count). The lowest BCUT2D eigenvalue weighted by molar-refractivity contribution is 0.509. The molecule has 1 atom stereocenters. The third-order valence-corrected chi connectivity index (χ3v) is 4.70. The van der Waals surface area contributed by atoms with E-state index in [0.29, 0.717) is 28.3 Å². The second-order valence-electron chi connectivity index (χ2n) is 5.86. The summed E-state index contributed by atoms with van der Waals surface area (Å²) in [4.78, 5) is 8.83. The van der Waals surface area contributed by atoms with Gasteiger partial charge in [0.15, 0.2) is 0 Å². The van der Waals surface area contributed by atoms with Crippen molar-refractivity contribution in [3.63, 3.8) is 0 Å². The summed E-state index contributed by atoms with van der Waals surface area (Å²) in [7, 11) is 0. The van der Waals surface area contributed by atoms with Crippen molar-refractivity contribution in [2.45, 2.75) is 31.2 Å². The van der Waals surface area contributed by atoms with E-state index in [2.05, 4.69) is 25.3 Å². The molecule has 0 N–H and O–H groups in total. The number of aromatic nitrogens is 6. The molecule has 9 heteroatoms. The molecule has 1 aromatic carbocycles. The average Bonchev–Trinajstić information content (AvgIpc) is 3.22. The molecule has 0 saturated carbocycles. The summed E-state index contributed by atoms with van der Waals surface area (Å²) in [6, 6.07) is 7.87. The Morgan fingerprint density at radius 3 is 2.65 bits per heavy atom. The number of hydrogen-bond acceptors (Lipinski definition) is 7. The molecular formula is C17H15FN6OS. The molecule has 132 valence electrons. The van der Waals surface area contributed by atoms with E-state index in [-0.39, 0.29) is 11.1 Å². The molecule has 7 nitrogen and oxygen atoms in total. The van der Waals surface area contributed by atoms with Crippen LogP contribution in [0.1, 0.15) is 29.5 Å². The zero-order valence-corrected chi connectivity index (χ0v) is 15.2. The lowest BCUT2D eigenvalue weighted by Gasteiger charge is -2.02. The van der Waals surface area contributed by atoms with E-state index in [0.717, 1.165) is 11.4 Å². The fourth-order valence-electron chi connectivity index (χ4n) is 2.51. The number of rotatable bonds is 4. The van der Waals surface area contributed by atoms with E-state index < -0.39 is 0 Å². The summed E-state index contributed by atoms with van der Waals surface area (Å²) < 4.78 is 20.5. The van der Waals surface area contributed by atoms with Gasteiger partial charge in [0.25, 0.3) is 5.78 Å². The lowest BCUT2D eigenvalue weighted by Crippen LogP contribution is -1.97. The van der Waals surface area contributed by atoms with Crippen LogP contribution in [0.2, 0.25) is 0 Å². The van der Waals surface area contributed by atoms with Crippen LogP contribution in [-0.2, 0) is 0 Å². The average molecular weight is 370 g/mol. The summed E-state index contributed by atoms with van der Waals surface area (Å²) in [5, 5.41) is 13.0. The fourth-order valence-corrected chi connectivity index (χ4v) is 3.29. The Morgan fingerprint density at radius 2 is 1.88 bits per heavy atom. The van der Waals surface area contributed by atoms with Gasteiger partial charge in [-0.15, -0.1) is 15.3 Å². The minimum atomic E-state index is -0.311. The number of fused-ring (bicyclic) bond motifs is 1. The quantitative estimate of drug-likeness (QED) is 0.506. The minimum Gasteiger partial charge on any atom is -0.419 e. The third-order valence-electron chi connectivity index (χ3n) is 3.76. The molecule has 0 spiro atoms. The van der Waals surface area contributed by atoms with Gasteiger partial charge in [0, 0.05) is 17.0 Å². The Labute approximate surface area is 152 Å². The maximum absolute atomic E-state index is 13.0. The molecule has 0 bridgehead atoms. The SMILES string of the molecule is Cc1cc(C)n2nc(S[C@H](C)c3nnc(-c4ccc(F)cc4)o3)nc2n1.